The monoisotopic (exact) mass is 610 g/mol. The number of methoxy groups -OCH3 is 1. The first-order valence-electron chi connectivity index (χ1n) is 13.7. The number of unbranched alkanes of at least 4 members (excludes halogenated alkanes) is 2. The van der Waals surface area contributed by atoms with Crippen molar-refractivity contribution in [3.05, 3.63) is 86.7 Å². The number of benzene rings is 3. The van der Waals surface area contributed by atoms with Crippen LogP contribution in [0.5, 0.6) is 28.7 Å². The van der Waals surface area contributed by atoms with E-state index in [4.69, 9.17) is 52.6 Å². The molecule has 3 aromatic carbocycles. The summed E-state index contributed by atoms with van der Waals surface area (Å²) in [4.78, 5) is 13.0. The summed E-state index contributed by atoms with van der Waals surface area (Å²) in [7, 11) is 1.56. The molecule has 0 radical (unpaired) electrons. The molecule has 1 aliphatic heterocycles. The smallest absolute Gasteiger partial charge is 0.343 e. The highest BCUT2D eigenvalue weighted by atomic mass is 35.5. The fraction of sp³-hybridized carbons (Fsp3) is 0.312. The van der Waals surface area contributed by atoms with Gasteiger partial charge in [0.05, 0.1) is 41.9 Å². The third kappa shape index (κ3) is 6.87. The normalized spacial score (nSPS) is 14.0. The summed E-state index contributed by atoms with van der Waals surface area (Å²) >= 11 is 12.7. The Kier molecular flexibility index (Phi) is 10.5. The molecule has 0 amide bonds. The van der Waals surface area contributed by atoms with Crippen LogP contribution in [-0.4, -0.2) is 26.3 Å². The lowest BCUT2D eigenvalue weighted by atomic mass is 9.83. The number of carbonyl (C=O) groups is 1. The first-order valence-corrected chi connectivity index (χ1v) is 14.4. The molecule has 10 heteroatoms. The molecule has 0 aliphatic carbocycles. The second kappa shape index (κ2) is 14.2. The lowest BCUT2D eigenvalue weighted by Crippen LogP contribution is -2.21. The molecule has 0 bridgehead atoms. The molecule has 1 unspecified atom stereocenters. The largest absolute Gasteiger partial charge is 0.493 e. The zero-order chi connectivity index (χ0) is 30.2. The Bertz CT molecular complexity index is 1510. The predicted molar refractivity (Wildman–Crippen MR) is 161 cm³/mol. The molecule has 1 heterocycles. The van der Waals surface area contributed by atoms with Gasteiger partial charge in [-0.1, -0.05) is 62.0 Å². The summed E-state index contributed by atoms with van der Waals surface area (Å²) in [5, 5.41) is 10.4. The summed E-state index contributed by atoms with van der Waals surface area (Å²) in [5.41, 5.74) is 8.01. The van der Waals surface area contributed by atoms with Gasteiger partial charge >= 0.3 is 5.97 Å². The van der Waals surface area contributed by atoms with Gasteiger partial charge in [0, 0.05) is 11.6 Å². The van der Waals surface area contributed by atoms with Crippen LogP contribution in [0.25, 0.3) is 0 Å². The van der Waals surface area contributed by atoms with Crippen molar-refractivity contribution >= 4 is 29.2 Å². The molecular weight excluding hydrogens is 579 g/mol. The van der Waals surface area contributed by atoms with Crippen LogP contribution in [0.4, 0.5) is 0 Å². The summed E-state index contributed by atoms with van der Waals surface area (Å²) in [5.74, 6) is 0.772. The molecule has 0 spiro atoms. The SMILES string of the molecule is CCCCOc1ccc(C2C(C#N)=C(N)Oc3cc(OC(=O)c4cc(Cl)c(OCCCC)c(Cl)c4)ccc32)cc1OC. The van der Waals surface area contributed by atoms with Crippen molar-refractivity contribution in [3.63, 3.8) is 0 Å². The average molecular weight is 612 g/mol. The highest BCUT2D eigenvalue weighted by molar-refractivity contribution is 6.37. The number of nitrogens with two attached hydrogens (primary N) is 1. The summed E-state index contributed by atoms with van der Waals surface area (Å²) in [6.45, 7) is 5.17. The van der Waals surface area contributed by atoms with Gasteiger partial charge < -0.3 is 29.4 Å². The van der Waals surface area contributed by atoms with Gasteiger partial charge in [-0.25, -0.2) is 4.79 Å². The number of hydrogen-bond donors (Lipinski definition) is 1. The van der Waals surface area contributed by atoms with Crippen molar-refractivity contribution < 1.29 is 28.5 Å². The molecule has 42 heavy (non-hydrogen) atoms. The fourth-order valence-electron chi connectivity index (χ4n) is 4.45. The van der Waals surface area contributed by atoms with Crippen LogP contribution in [0.1, 0.15) is 66.9 Å². The number of rotatable bonds is 12. The Hall–Kier alpha value is -4.06. The van der Waals surface area contributed by atoms with Crippen molar-refractivity contribution in [3.8, 4) is 34.8 Å². The maximum atomic E-state index is 13.0. The number of allylic oxidation sites excluding steroid dienone is 1. The van der Waals surface area contributed by atoms with Gasteiger partial charge in [0.1, 0.15) is 23.1 Å². The molecule has 0 saturated carbocycles. The molecule has 4 rings (SSSR count). The maximum absolute atomic E-state index is 13.0. The van der Waals surface area contributed by atoms with Crippen LogP contribution in [0.15, 0.2) is 60.0 Å². The zero-order valence-electron chi connectivity index (χ0n) is 23.7. The molecule has 220 valence electrons. The molecule has 1 aliphatic rings. The first-order chi connectivity index (χ1) is 20.3. The number of carbonyl (C=O) groups excluding carboxylic acids is 1. The molecule has 0 saturated heterocycles. The van der Waals surface area contributed by atoms with Crippen LogP contribution in [0.3, 0.4) is 0 Å². The van der Waals surface area contributed by atoms with Gasteiger partial charge in [-0.2, -0.15) is 5.26 Å². The number of halogens is 2. The van der Waals surface area contributed by atoms with Crippen molar-refractivity contribution in [2.24, 2.45) is 5.73 Å². The van der Waals surface area contributed by atoms with Crippen molar-refractivity contribution in [1.29, 1.82) is 5.26 Å². The van der Waals surface area contributed by atoms with E-state index in [0.29, 0.717) is 41.8 Å². The van der Waals surface area contributed by atoms with Crippen LogP contribution in [0.2, 0.25) is 10.0 Å². The van der Waals surface area contributed by atoms with Crippen molar-refractivity contribution in [1.82, 2.24) is 0 Å². The highest BCUT2D eigenvalue weighted by Crippen LogP contribution is 2.45. The highest BCUT2D eigenvalue weighted by Gasteiger charge is 2.32. The zero-order valence-corrected chi connectivity index (χ0v) is 25.2. The van der Waals surface area contributed by atoms with E-state index in [0.717, 1.165) is 31.2 Å². The quantitative estimate of drug-likeness (QED) is 0.125. The van der Waals surface area contributed by atoms with Gasteiger partial charge in [-0.15, -0.1) is 0 Å². The van der Waals surface area contributed by atoms with Gasteiger partial charge in [-0.3, -0.25) is 0 Å². The second-order valence-corrected chi connectivity index (χ2v) is 10.4. The Labute approximate surface area is 255 Å². The Morgan fingerprint density at radius 1 is 0.976 bits per heavy atom. The van der Waals surface area contributed by atoms with Crippen molar-refractivity contribution in [2.45, 2.75) is 45.4 Å². The summed E-state index contributed by atoms with van der Waals surface area (Å²) < 4.78 is 28.5. The Morgan fingerprint density at radius 2 is 1.67 bits per heavy atom. The fourth-order valence-corrected chi connectivity index (χ4v) is 5.05. The standard InChI is InChI=1S/C32H32Cl2N2O6/c1-4-6-12-39-26-11-8-19(16-28(26)38-3)29-22-10-9-21(17-27(22)42-31(36)23(29)18-35)41-32(37)20-14-24(33)30(25(34)15-20)40-13-7-5-2/h8-11,14-17,29H,4-7,12-13,36H2,1-3H3. The topological polar surface area (TPSA) is 113 Å². The lowest BCUT2D eigenvalue weighted by Gasteiger charge is -2.27. The first kappa shape index (κ1) is 30.9. The minimum absolute atomic E-state index is 0.0436. The average Bonchev–Trinajstić information content (AvgIpc) is 2.98. The molecule has 8 nitrogen and oxygen atoms in total. The number of fused-ring (bicyclic) bond motifs is 1. The number of nitrogens with zero attached hydrogens (tertiary/aromatic N) is 1. The third-order valence-electron chi connectivity index (χ3n) is 6.66. The van der Waals surface area contributed by atoms with Gasteiger partial charge in [0.25, 0.3) is 0 Å². The Balaban J connectivity index is 1.60. The summed E-state index contributed by atoms with van der Waals surface area (Å²) in [6, 6.07) is 15.5. The minimum Gasteiger partial charge on any atom is -0.493 e. The third-order valence-corrected chi connectivity index (χ3v) is 7.22. The van der Waals surface area contributed by atoms with E-state index in [2.05, 4.69) is 13.0 Å². The lowest BCUT2D eigenvalue weighted by molar-refractivity contribution is 0.0734. The molecule has 3 aromatic rings. The molecular formula is C32H32Cl2N2O6. The van der Waals surface area contributed by atoms with Gasteiger partial charge in [0.2, 0.25) is 5.88 Å². The van der Waals surface area contributed by atoms with Crippen LogP contribution in [0, 0.1) is 11.3 Å². The van der Waals surface area contributed by atoms with E-state index in [-0.39, 0.29) is 32.8 Å². The van der Waals surface area contributed by atoms with E-state index in [1.807, 2.05) is 25.1 Å². The number of ether oxygens (including phenoxy) is 5. The van der Waals surface area contributed by atoms with E-state index < -0.39 is 11.9 Å². The van der Waals surface area contributed by atoms with Crippen molar-refractivity contribution in [2.75, 3.05) is 20.3 Å². The van der Waals surface area contributed by atoms with Crippen LogP contribution >= 0.6 is 23.2 Å². The molecule has 0 fully saturated rings. The van der Waals surface area contributed by atoms with Gasteiger partial charge in [-0.05, 0) is 48.7 Å². The number of hydrogen-bond acceptors (Lipinski definition) is 8. The molecule has 2 N–H and O–H groups in total. The van der Waals surface area contributed by atoms with E-state index in [9.17, 15) is 10.1 Å². The van der Waals surface area contributed by atoms with Crippen LogP contribution in [-0.2, 0) is 0 Å². The Morgan fingerprint density at radius 3 is 2.31 bits per heavy atom. The number of esters is 1. The predicted octanol–water partition coefficient (Wildman–Crippen LogP) is 7.80. The van der Waals surface area contributed by atoms with E-state index in [1.165, 1.54) is 12.1 Å². The number of nitriles is 1. The summed E-state index contributed by atoms with van der Waals surface area (Å²) in [6.07, 6.45) is 3.73. The minimum atomic E-state index is -0.671. The van der Waals surface area contributed by atoms with Gasteiger partial charge in [0.15, 0.2) is 17.2 Å². The van der Waals surface area contributed by atoms with E-state index >= 15 is 0 Å². The van der Waals surface area contributed by atoms with Crippen LogP contribution < -0.4 is 29.4 Å². The molecule has 0 aromatic heterocycles. The maximum Gasteiger partial charge on any atom is 0.343 e. The second-order valence-electron chi connectivity index (χ2n) is 9.60. The molecule has 1 atom stereocenters. The van der Waals surface area contributed by atoms with E-state index in [1.54, 1.807) is 25.3 Å².